The second-order valence-electron chi connectivity index (χ2n) is 5.37. The first-order valence-electron chi connectivity index (χ1n) is 7.40. The monoisotopic (exact) mass is 324 g/mol. The molecule has 1 heterocycles. The van der Waals surface area contributed by atoms with Crippen molar-refractivity contribution in [2.24, 2.45) is 0 Å². The minimum atomic E-state index is -0.412. The third kappa shape index (κ3) is 2.88. The van der Waals surface area contributed by atoms with E-state index in [-0.39, 0.29) is 0 Å². The number of benzene rings is 2. The maximum Gasteiger partial charge on any atom is 0.344 e. The molecule has 0 saturated heterocycles. The lowest BCUT2D eigenvalue weighted by Crippen LogP contribution is -2.06. The number of hydrogen-bond acceptors (Lipinski definition) is 5. The Morgan fingerprint density at radius 3 is 2.33 bits per heavy atom. The minimum absolute atomic E-state index is 0.403. The van der Waals surface area contributed by atoms with Gasteiger partial charge in [-0.1, -0.05) is 12.1 Å². The van der Waals surface area contributed by atoms with Crippen LogP contribution < -0.4 is 15.1 Å². The van der Waals surface area contributed by atoms with Crippen molar-refractivity contribution in [1.82, 2.24) is 0 Å². The minimum Gasteiger partial charge on any atom is -0.497 e. The third-order valence-electron chi connectivity index (χ3n) is 3.78. The summed E-state index contributed by atoms with van der Waals surface area (Å²) in [6.07, 6.45) is 0. The summed E-state index contributed by atoms with van der Waals surface area (Å²) in [6, 6.07) is 12.1. The Morgan fingerprint density at radius 2 is 1.71 bits per heavy atom. The van der Waals surface area contributed by atoms with E-state index < -0.39 is 11.6 Å². The van der Waals surface area contributed by atoms with Crippen molar-refractivity contribution < 1.29 is 18.7 Å². The number of ether oxygens (including phenoxy) is 2. The molecule has 0 aliphatic rings. The van der Waals surface area contributed by atoms with Gasteiger partial charge in [0.05, 0.1) is 12.7 Å². The van der Waals surface area contributed by atoms with Crippen LogP contribution in [0, 0.1) is 6.92 Å². The summed E-state index contributed by atoms with van der Waals surface area (Å²) in [7, 11) is 1.58. The van der Waals surface area contributed by atoms with Crippen LogP contribution in [0.15, 0.2) is 51.7 Å². The number of methoxy groups -OCH3 is 1. The Hall–Kier alpha value is -3.08. The van der Waals surface area contributed by atoms with E-state index in [1.54, 1.807) is 49.6 Å². The summed E-state index contributed by atoms with van der Waals surface area (Å²) in [5, 5.41) is 0.721. The highest BCUT2D eigenvalue weighted by Gasteiger charge is 2.14. The van der Waals surface area contributed by atoms with E-state index in [1.807, 2.05) is 6.92 Å². The van der Waals surface area contributed by atoms with Gasteiger partial charge < -0.3 is 13.9 Å². The van der Waals surface area contributed by atoms with Crippen molar-refractivity contribution in [1.29, 1.82) is 0 Å². The van der Waals surface area contributed by atoms with Crippen LogP contribution >= 0.6 is 0 Å². The second-order valence-corrected chi connectivity index (χ2v) is 5.37. The quantitative estimate of drug-likeness (QED) is 0.417. The molecule has 3 rings (SSSR count). The maximum atomic E-state index is 12.4. The largest absolute Gasteiger partial charge is 0.497 e. The van der Waals surface area contributed by atoms with Crippen LogP contribution in [0.4, 0.5) is 0 Å². The fraction of sp³-hybridized carbons (Fsp3) is 0.158. The summed E-state index contributed by atoms with van der Waals surface area (Å²) < 4.78 is 15.7. The predicted octanol–water partition coefficient (Wildman–Crippen LogP) is 3.70. The highest BCUT2D eigenvalue weighted by molar-refractivity contribution is 5.88. The fourth-order valence-electron chi connectivity index (χ4n) is 2.65. The molecule has 0 aliphatic carbocycles. The summed E-state index contributed by atoms with van der Waals surface area (Å²) in [5.41, 5.74) is 2.02. The normalized spacial score (nSPS) is 10.6. The van der Waals surface area contributed by atoms with E-state index in [2.05, 4.69) is 0 Å². The molecule has 0 saturated carbocycles. The van der Waals surface area contributed by atoms with Gasteiger partial charge in [-0.15, -0.1) is 0 Å². The zero-order chi connectivity index (χ0) is 17.3. The second kappa shape index (κ2) is 6.20. The van der Waals surface area contributed by atoms with Crippen molar-refractivity contribution >= 4 is 16.9 Å². The van der Waals surface area contributed by atoms with Gasteiger partial charge in [0.2, 0.25) is 0 Å². The molecule has 0 amide bonds. The summed E-state index contributed by atoms with van der Waals surface area (Å²) in [6.45, 7) is 3.18. The van der Waals surface area contributed by atoms with E-state index in [1.165, 1.54) is 6.92 Å². The summed E-state index contributed by atoms with van der Waals surface area (Å²) >= 11 is 0. The highest BCUT2D eigenvalue weighted by atomic mass is 16.5. The first-order chi connectivity index (χ1) is 11.5. The predicted molar refractivity (Wildman–Crippen MR) is 90.5 cm³/mol. The van der Waals surface area contributed by atoms with E-state index in [0.717, 1.165) is 16.5 Å². The Labute approximate surface area is 138 Å². The topological polar surface area (TPSA) is 65.7 Å². The molecule has 0 N–H and O–H groups in total. The van der Waals surface area contributed by atoms with E-state index in [9.17, 15) is 9.59 Å². The molecular weight excluding hydrogens is 308 g/mol. The Balaban J connectivity index is 2.19. The average molecular weight is 324 g/mol. The number of carbonyl (C=O) groups is 1. The first-order valence-corrected chi connectivity index (χ1v) is 7.40. The first kappa shape index (κ1) is 15.8. The van der Waals surface area contributed by atoms with Gasteiger partial charge in [-0.3, -0.25) is 4.79 Å². The maximum absolute atomic E-state index is 12.4. The smallest absolute Gasteiger partial charge is 0.344 e. The van der Waals surface area contributed by atoms with Gasteiger partial charge in [-0.25, -0.2) is 4.79 Å². The van der Waals surface area contributed by atoms with E-state index in [4.69, 9.17) is 13.9 Å². The van der Waals surface area contributed by atoms with Crippen LogP contribution in [0.3, 0.4) is 0 Å². The van der Waals surface area contributed by atoms with Gasteiger partial charge in [-0.2, -0.15) is 0 Å². The number of aryl methyl sites for hydroxylation is 1. The SMILES string of the molecule is COc1ccc(-c2c(C)c3cc(OC(C)=O)ccc3oc2=O)cc1. The van der Waals surface area contributed by atoms with Gasteiger partial charge in [0, 0.05) is 12.3 Å². The molecule has 5 nitrogen and oxygen atoms in total. The van der Waals surface area contributed by atoms with Gasteiger partial charge in [0.25, 0.3) is 0 Å². The summed E-state index contributed by atoms with van der Waals surface area (Å²) in [4.78, 5) is 23.5. The van der Waals surface area contributed by atoms with Crippen LogP contribution in [-0.2, 0) is 4.79 Å². The molecule has 0 bridgehead atoms. The van der Waals surface area contributed by atoms with Crippen molar-refractivity contribution in [2.75, 3.05) is 7.11 Å². The third-order valence-corrected chi connectivity index (χ3v) is 3.78. The van der Waals surface area contributed by atoms with Crippen molar-refractivity contribution in [3.63, 3.8) is 0 Å². The lowest BCUT2D eigenvalue weighted by molar-refractivity contribution is -0.131. The standard InChI is InChI=1S/C19H16O5/c1-11-16-10-15(23-12(2)20)8-9-17(16)24-19(21)18(11)13-4-6-14(22-3)7-5-13/h4-10H,1-3H3. The van der Waals surface area contributed by atoms with E-state index >= 15 is 0 Å². The Kier molecular flexibility index (Phi) is 4.08. The molecule has 0 aliphatic heterocycles. The molecule has 3 aromatic rings. The van der Waals surface area contributed by atoms with E-state index in [0.29, 0.717) is 22.6 Å². The van der Waals surface area contributed by atoms with Crippen LogP contribution in [0.5, 0.6) is 11.5 Å². The number of carbonyl (C=O) groups excluding carboxylic acids is 1. The van der Waals surface area contributed by atoms with Crippen LogP contribution in [0.2, 0.25) is 0 Å². The lowest BCUT2D eigenvalue weighted by Gasteiger charge is -2.10. The van der Waals surface area contributed by atoms with Crippen LogP contribution in [-0.4, -0.2) is 13.1 Å². The zero-order valence-corrected chi connectivity index (χ0v) is 13.6. The molecule has 0 atom stereocenters. The van der Waals surface area contributed by atoms with Gasteiger partial charge >= 0.3 is 11.6 Å². The van der Waals surface area contributed by atoms with Gasteiger partial charge in [0.1, 0.15) is 17.1 Å². The molecule has 122 valence electrons. The number of esters is 1. The lowest BCUT2D eigenvalue weighted by atomic mass is 9.99. The van der Waals surface area contributed by atoms with Crippen molar-refractivity contribution in [3.05, 3.63) is 58.4 Å². The number of fused-ring (bicyclic) bond motifs is 1. The van der Waals surface area contributed by atoms with Gasteiger partial charge in [-0.05, 0) is 48.4 Å². The molecule has 0 radical (unpaired) electrons. The average Bonchev–Trinajstić information content (AvgIpc) is 2.55. The molecule has 0 spiro atoms. The van der Waals surface area contributed by atoms with Crippen molar-refractivity contribution in [2.45, 2.75) is 13.8 Å². The molecule has 24 heavy (non-hydrogen) atoms. The molecule has 0 unspecified atom stereocenters. The summed E-state index contributed by atoms with van der Waals surface area (Å²) in [5.74, 6) is 0.714. The molecule has 2 aromatic carbocycles. The zero-order valence-electron chi connectivity index (χ0n) is 13.6. The molecule has 0 fully saturated rings. The molecule has 1 aromatic heterocycles. The molecule has 5 heteroatoms. The van der Waals surface area contributed by atoms with Crippen LogP contribution in [0.25, 0.3) is 22.1 Å². The molecular formula is C19H16O5. The van der Waals surface area contributed by atoms with Crippen LogP contribution in [0.1, 0.15) is 12.5 Å². The van der Waals surface area contributed by atoms with Gasteiger partial charge in [0.15, 0.2) is 0 Å². The number of rotatable bonds is 3. The van der Waals surface area contributed by atoms with Crippen molar-refractivity contribution in [3.8, 4) is 22.6 Å². The Morgan fingerprint density at radius 1 is 1.04 bits per heavy atom. The highest BCUT2D eigenvalue weighted by Crippen LogP contribution is 2.30. The fourth-order valence-corrected chi connectivity index (χ4v) is 2.65. The number of hydrogen-bond donors (Lipinski definition) is 0. The Bertz CT molecular complexity index is 967.